The molecule has 1 aromatic carbocycles. The number of hydrogen-bond donors (Lipinski definition) is 1. The summed E-state index contributed by atoms with van der Waals surface area (Å²) in [6, 6.07) is 9.61. The molecule has 0 aliphatic carbocycles. The maximum atomic E-state index is 12.4. The van der Waals surface area contributed by atoms with Gasteiger partial charge in [-0.05, 0) is 60.8 Å². The van der Waals surface area contributed by atoms with Gasteiger partial charge < -0.3 is 5.32 Å². The molecule has 0 unspecified atom stereocenters. The summed E-state index contributed by atoms with van der Waals surface area (Å²) in [7, 11) is 0. The molecule has 1 saturated heterocycles. The molecule has 2 aromatic rings. The number of Topliss-reactive ketones (excluding diaryl/α,β-unsaturated/α-hetero) is 1. The Morgan fingerprint density at radius 2 is 2.13 bits per heavy atom. The number of amides is 1. The Balaban J connectivity index is 1.67. The Bertz CT molecular complexity index is 697. The molecule has 1 fully saturated rings. The zero-order valence-electron chi connectivity index (χ0n) is 13.1. The van der Waals surface area contributed by atoms with Gasteiger partial charge in [0.15, 0.2) is 5.78 Å². The summed E-state index contributed by atoms with van der Waals surface area (Å²) in [5.74, 6) is -0.112. The van der Waals surface area contributed by atoms with Crippen LogP contribution in [-0.4, -0.2) is 29.7 Å². The van der Waals surface area contributed by atoms with Crippen molar-refractivity contribution in [2.75, 3.05) is 18.4 Å². The summed E-state index contributed by atoms with van der Waals surface area (Å²) in [6.07, 6.45) is 2.20. The van der Waals surface area contributed by atoms with Gasteiger partial charge in [-0.25, -0.2) is 0 Å². The van der Waals surface area contributed by atoms with Crippen molar-refractivity contribution in [2.45, 2.75) is 25.8 Å². The lowest BCUT2D eigenvalue weighted by atomic mass is 10.1. The third-order valence-corrected chi connectivity index (χ3v) is 4.92. The van der Waals surface area contributed by atoms with Crippen LogP contribution in [0.5, 0.6) is 0 Å². The number of benzene rings is 1. The molecule has 1 amide bonds. The van der Waals surface area contributed by atoms with Crippen molar-refractivity contribution in [3.05, 3.63) is 52.2 Å². The first kappa shape index (κ1) is 15.9. The molecular weight excluding hydrogens is 308 g/mol. The second-order valence-electron chi connectivity index (χ2n) is 5.84. The lowest BCUT2D eigenvalue weighted by molar-refractivity contribution is -0.117. The van der Waals surface area contributed by atoms with Gasteiger partial charge in [-0.3, -0.25) is 14.5 Å². The van der Waals surface area contributed by atoms with Crippen molar-refractivity contribution < 1.29 is 9.59 Å². The van der Waals surface area contributed by atoms with Crippen molar-refractivity contribution in [1.29, 1.82) is 0 Å². The SMILES string of the molecule is CC(=O)c1ccccc1NC(=O)CN1CCC[C@H]1c1ccsc1. The van der Waals surface area contributed by atoms with Crippen molar-refractivity contribution in [3.8, 4) is 0 Å². The highest BCUT2D eigenvalue weighted by Crippen LogP contribution is 2.32. The fourth-order valence-electron chi connectivity index (χ4n) is 3.13. The number of ketones is 1. The second-order valence-corrected chi connectivity index (χ2v) is 6.62. The van der Waals surface area contributed by atoms with Gasteiger partial charge in [0.05, 0.1) is 12.2 Å². The van der Waals surface area contributed by atoms with Gasteiger partial charge in [-0.2, -0.15) is 11.3 Å². The second kappa shape index (κ2) is 7.06. The number of para-hydroxylation sites is 1. The van der Waals surface area contributed by atoms with Crippen LogP contribution in [0.3, 0.4) is 0 Å². The number of anilines is 1. The molecule has 1 atom stereocenters. The molecule has 0 spiro atoms. The minimum Gasteiger partial charge on any atom is -0.324 e. The molecule has 120 valence electrons. The first-order valence-electron chi connectivity index (χ1n) is 7.81. The molecule has 23 heavy (non-hydrogen) atoms. The molecule has 0 bridgehead atoms. The van der Waals surface area contributed by atoms with Crippen LogP contribution in [0, 0.1) is 0 Å². The maximum Gasteiger partial charge on any atom is 0.238 e. The van der Waals surface area contributed by atoms with Gasteiger partial charge in [0.2, 0.25) is 5.91 Å². The van der Waals surface area contributed by atoms with Crippen molar-refractivity contribution in [1.82, 2.24) is 4.90 Å². The smallest absolute Gasteiger partial charge is 0.238 e. The van der Waals surface area contributed by atoms with Gasteiger partial charge in [-0.1, -0.05) is 12.1 Å². The summed E-state index contributed by atoms with van der Waals surface area (Å²) in [6.45, 7) is 2.80. The van der Waals surface area contributed by atoms with Crippen LogP contribution < -0.4 is 5.32 Å². The van der Waals surface area contributed by atoms with E-state index in [9.17, 15) is 9.59 Å². The zero-order valence-corrected chi connectivity index (χ0v) is 13.9. The van der Waals surface area contributed by atoms with Crippen molar-refractivity contribution in [2.24, 2.45) is 0 Å². The van der Waals surface area contributed by atoms with E-state index in [4.69, 9.17) is 0 Å². The van der Waals surface area contributed by atoms with Crippen LogP contribution in [0.15, 0.2) is 41.1 Å². The van der Waals surface area contributed by atoms with E-state index in [1.54, 1.807) is 29.5 Å². The van der Waals surface area contributed by atoms with Crippen LogP contribution in [0.4, 0.5) is 5.69 Å². The summed E-state index contributed by atoms with van der Waals surface area (Å²) in [5, 5.41) is 7.12. The van der Waals surface area contributed by atoms with E-state index in [-0.39, 0.29) is 11.7 Å². The number of nitrogens with zero attached hydrogens (tertiary/aromatic N) is 1. The molecule has 1 aliphatic rings. The van der Waals surface area contributed by atoms with Gasteiger partial charge >= 0.3 is 0 Å². The van der Waals surface area contributed by atoms with E-state index < -0.39 is 0 Å². The lowest BCUT2D eigenvalue weighted by Crippen LogP contribution is -2.33. The number of thiophene rings is 1. The van der Waals surface area contributed by atoms with E-state index in [1.807, 2.05) is 6.07 Å². The number of hydrogen-bond acceptors (Lipinski definition) is 4. The normalized spacial score (nSPS) is 18.0. The highest BCUT2D eigenvalue weighted by atomic mass is 32.1. The minimum absolute atomic E-state index is 0.0433. The molecule has 0 radical (unpaired) electrons. The first-order valence-corrected chi connectivity index (χ1v) is 8.75. The van der Waals surface area contributed by atoms with Crippen LogP contribution in [0.1, 0.15) is 41.7 Å². The van der Waals surface area contributed by atoms with E-state index >= 15 is 0 Å². The fraction of sp³-hybridized carbons (Fsp3) is 0.333. The Morgan fingerprint density at radius 3 is 2.87 bits per heavy atom. The maximum absolute atomic E-state index is 12.4. The topological polar surface area (TPSA) is 49.4 Å². The zero-order chi connectivity index (χ0) is 16.2. The Labute approximate surface area is 140 Å². The number of carbonyl (C=O) groups excluding carboxylic acids is 2. The monoisotopic (exact) mass is 328 g/mol. The fourth-order valence-corrected chi connectivity index (χ4v) is 3.84. The van der Waals surface area contributed by atoms with Gasteiger partial charge in [0.25, 0.3) is 0 Å². The van der Waals surface area contributed by atoms with Crippen LogP contribution in [0.2, 0.25) is 0 Å². The van der Waals surface area contributed by atoms with Crippen LogP contribution in [0.25, 0.3) is 0 Å². The predicted octanol–water partition coefficient (Wildman–Crippen LogP) is 3.73. The number of nitrogens with one attached hydrogen (secondary N) is 1. The molecular formula is C18H20N2O2S. The lowest BCUT2D eigenvalue weighted by Gasteiger charge is -2.23. The first-order chi connectivity index (χ1) is 11.1. The number of likely N-dealkylation sites (tertiary alicyclic amines) is 1. The molecule has 1 aliphatic heterocycles. The highest BCUT2D eigenvalue weighted by Gasteiger charge is 2.27. The van der Waals surface area contributed by atoms with E-state index in [0.717, 1.165) is 19.4 Å². The van der Waals surface area contributed by atoms with Crippen LogP contribution >= 0.6 is 11.3 Å². The van der Waals surface area contributed by atoms with Gasteiger partial charge in [0, 0.05) is 11.6 Å². The summed E-state index contributed by atoms with van der Waals surface area (Å²) in [5.41, 5.74) is 2.44. The average Bonchev–Trinajstić information content (AvgIpc) is 3.18. The number of carbonyl (C=O) groups is 2. The van der Waals surface area contributed by atoms with Gasteiger partial charge in [0.1, 0.15) is 0 Å². The standard InChI is InChI=1S/C18H20N2O2S/c1-13(21)15-5-2-3-6-16(15)19-18(22)11-20-9-4-7-17(20)14-8-10-23-12-14/h2-3,5-6,8,10,12,17H,4,7,9,11H2,1H3,(H,19,22)/t17-/m0/s1. The van der Waals surface area contributed by atoms with E-state index in [1.165, 1.54) is 12.5 Å². The predicted molar refractivity (Wildman–Crippen MR) is 92.9 cm³/mol. The van der Waals surface area contributed by atoms with Crippen LogP contribution in [-0.2, 0) is 4.79 Å². The Kier molecular flexibility index (Phi) is 4.88. The molecule has 3 rings (SSSR count). The average molecular weight is 328 g/mol. The third-order valence-electron chi connectivity index (χ3n) is 4.22. The van der Waals surface area contributed by atoms with E-state index in [2.05, 4.69) is 27.0 Å². The van der Waals surface area contributed by atoms with Gasteiger partial charge in [-0.15, -0.1) is 0 Å². The number of rotatable bonds is 5. The Morgan fingerprint density at radius 1 is 1.30 bits per heavy atom. The minimum atomic E-state index is -0.0687. The Hall–Kier alpha value is -1.98. The van der Waals surface area contributed by atoms with E-state index in [0.29, 0.717) is 23.8 Å². The largest absolute Gasteiger partial charge is 0.324 e. The molecule has 4 nitrogen and oxygen atoms in total. The molecule has 0 saturated carbocycles. The highest BCUT2D eigenvalue weighted by molar-refractivity contribution is 7.07. The molecule has 1 aromatic heterocycles. The molecule has 1 N–H and O–H groups in total. The summed E-state index contributed by atoms with van der Waals surface area (Å²) >= 11 is 1.69. The van der Waals surface area contributed by atoms with Crippen molar-refractivity contribution >= 4 is 28.7 Å². The molecule has 2 heterocycles. The summed E-state index contributed by atoms with van der Waals surface area (Å²) < 4.78 is 0. The third kappa shape index (κ3) is 3.68. The summed E-state index contributed by atoms with van der Waals surface area (Å²) in [4.78, 5) is 26.3. The quantitative estimate of drug-likeness (QED) is 0.851. The van der Waals surface area contributed by atoms with Crippen molar-refractivity contribution in [3.63, 3.8) is 0 Å². The molecule has 5 heteroatoms.